The lowest BCUT2D eigenvalue weighted by molar-refractivity contribution is -0.136. The first-order valence-corrected chi connectivity index (χ1v) is 10.5. The minimum Gasteiger partial charge on any atom is -0.493 e. The molecule has 1 saturated heterocycles. The summed E-state index contributed by atoms with van der Waals surface area (Å²) in [5, 5.41) is 18.7. The van der Waals surface area contributed by atoms with Crippen LogP contribution in [0.5, 0.6) is 23.0 Å². The molecule has 0 aromatic heterocycles. The molecule has 10 heteroatoms. The molecule has 1 aliphatic rings. The van der Waals surface area contributed by atoms with Gasteiger partial charge in [0.2, 0.25) is 5.75 Å². The van der Waals surface area contributed by atoms with Crippen LogP contribution in [0.4, 0.5) is 4.39 Å². The average molecular weight is 480 g/mol. The molecule has 1 fully saturated rings. The number of rotatable bonds is 9. The van der Waals surface area contributed by atoms with E-state index in [1.165, 1.54) is 30.2 Å². The molecule has 1 atom stereocenters. The molecule has 1 aliphatic heterocycles. The van der Waals surface area contributed by atoms with Gasteiger partial charge in [0, 0.05) is 30.1 Å². The highest BCUT2D eigenvalue weighted by molar-refractivity contribution is 6.30. The van der Waals surface area contributed by atoms with E-state index in [2.05, 4.69) is 0 Å². The predicted octanol–water partition coefficient (Wildman–Crippen LogP) is 4.42. The lowest BCUT2D eigenvalue weighted by Gasteiger charge is -2.34. The Hall–Kier alpha value is -3.46. The Bertz CT molecular complexity index is 1060. The third-order valence-corrected chi connectivity index (χ3v) is 5.32. The molecule has 0 radical (unpaired) electrons. The van der Waals surface area contributed by atoms with Crippen molar-refractivity contribution in [3.8, 4) is 23.0 Å². The average Bonchev–Trinajstić information content (AvgIpc) is 2.78. The topological polar surface area (TPSA) is 106 Å². The maximum Gasteiger partial charge on any atom is 0.352 e. The number of benzene rings is 2. The molecule has 0 aliphatic carbocycles. The maximum atomic E-state index is 14.3. The standard InChI is InChI=1S/C23H23ClFNO7/c1-31-19-6-2-5-16(25)22(19)33-20-10-15(24)7-8-18(20)32-13-14-4-3-9-26(12-14)17(23(29)30)11-21(27)28/h2,5-8,10-11,14H,3-4,9,12-13H2,1H3,(H,27,28)(H,29,30)/b17-11-/t14-/m0/s1. The Labute approximate surface area is 194 Å². The normalized spacial score (nSPS) is 16.3. The Morgan fingerprint density at radius 1 is 1.21 bits per heavy atom. The van der Waals surface area contributed by atoms with E-state index in [1.54, 1.807) is 18.2 Å². The summed E-state index contributed by atoms with van der Waals surface area (Å²) in [6.07, 6.45) is 2.13. The first-order chi connectivity index (χ1) is 15.8. The van der Waals surface area contributed by atoms with Crippen LogP contribution in [-0.2, 0) is 9.59 Å². The molecule has 0 spiro atoms. The second-order valence-corrected chi connectivity index (χ2v) is 7.84. The van der Waals surface area contributed by atoms with Crippen molar-refractivity contribution in [2.24, 2.45) is 5.92 Å². The number of aliphatic carboxylic acids is 2. The molecule has 176 valence electrons. The molecule has 0 amide bonds. The van der Waals surface area contributed by atoms with Crippen molar-refractivity contribution in [2.45, 2.75) is 12.8 Å². The summed E-state index contributed by atoms with van der Waals surface area (Å²) >= 11 is 6.09. The van der Waals surface area contributed by atoms with E-state index in [4.69, 9.17) is 30.9 Å². The van der Waals surface area contributed by atoms with Crippen LogP contribution in [-0.4, -0.2) is 53.9 Å². The Balaban J connectivity index is 1.75. The molecule has 0 saturated carbocycles. The number of halogens is 2. The predicted molar refractivity (Wildman–Crippen MR) is 118 cm³/mol. The zero-order valence-electron chi connectivity index (χ0n) is 17.8. The number of para-hydroxylation sites is 1. The van der Waals surface area contributed by atoms with Crippen LogP contribution in [0.25, 0.3) is 0 Å². The summed E-state index contributed by atoms with van der Waals surface area (Å²) in [5.41, 5.74) is -0.269. The first-order valence-electron chi connectivity index (χ1n) is 10.1. The quantitative estimate of drug-likeness (QED) is 0.509. The van der Waals surface area contributed by atoms with Gasteiger partial charge in [-0.3, -0.25) is 0 Å². The fourth-order valence-electron chi connectivity index (χ4n) is 3.57. The molecule has 1 heterocycles. The van der Waals surface area contributed by atoms with E-state index >= 15 is 0 Å². The van der Waals surface area contributed by atoms with Crippen LogP contribution in [0.2, 0.25) is 5.02 Å². The largest absolute Gasteiger partial charge is 0.493 e. The number of nitrogens with zero attached hydrogens (tertiary/aromatic N) is 1. The van der Waals surface area contributed by atoms with Crippen LogP contribution >= 0.6 is 11.6 Å². The van der Waals surface area contributed by atoms with Crippen molar-refractivity contribution in [2.75, 3.05) is 26.8 Å². The number of methoxy groups -OCH3 is 1. The second-order valence-electron chi connectivity index (χ2n) is 7.40. The molecule has 0 bridgehead atoms. The van der Waals surface area contributed by atoms with Gasteiger partial charge in [0.1, 0.15) is 5.70 Å². The van der Waals surface area contributed by atoms with Gasteiger partial charge >= 0.3 is 11.9 Å². The Morgan fingerprint density at radius 2 is 2.00 bits per heavy atom. The number of likely N-dealkylation sites (tertiary alicyclic amines) is 1. The zero-order valence-corrected chi connectivity index (χ0v) is 18.5. The van der Waals surface area contributed by atoms with E-state index in [1.807, 2.05) is 0 Å². The zero-order chi connectivity index (χ0) is 24.0. The molecule has 33 heavy (non-hydrogen) atoms. The maximum absolute atomic E-state index is 14.3. The van der Waals surface area contributed by atoms with Gasteiger partial charge in [0.05, 0.1) is 19.8 Å². The van der Waals surface area contributed by atoms with Gasteiger partial charge in [0.25, 0.3) is 0 Å². The van der Waals surface area contributed by atoms with Crippen LogP contribution in [0.3, 0.4) is 0 Å². The monoisotopic (exact) mass is 479 g/mol. The van der Waals surface area contributed by atoms with Gasteiger partial charge in [-0.1, -0.05) is 17.7 Å². The molecular weight excluding hydrogens is 457 g/mol. The highest BCUT2D eigenvalue weighted by Crippen LogP contribution is 2.39. The van der Waals surface area contributed by atoms with Crippen molar-refractivity contribution in [3.05, 3.63) is 59.0 Å². The highest BCUT2D eigenvalue weighted by atomic mass is 35.5. The van der Waals surface area contributed by atoms with Crippen molar-refractivity contribution >= 4 is 23.5 Å². The Kier molecular flexibility index (Phi) is 8.00. The number of carboxylic acids is 2. The smallest absolute Gasteiger partial charge is 0.352 e. The van der Waals surface area contributed by atoms with Gasteiger partial charge < -0.3 is 29.3 Å². The number of piperidine rings is 1. The third kappa shape index (κ3) is 6.29. The van der Waals surface area contributed by atoms with E-state index < -0.39 is 17.8 Å². The fourth-order valence-corrected chi connectivity index (χ4v) is 3.73. The van der Waals surface area contributed by atoms with Crippen molar-refractivity contribution in [1.29, 1.82) is 0 Å². The van der Waals surface area contributed by atoms with Crippen LogP contribution in [0.1, 0.15) is 12.8 Å². The summed E-state index contributed by atoms with van der Waals surface area (Å²) in [7, 11) is 1.40. The highest BCUT2D eigenvalue weighted by Gasteiger charge is 2.26. The lowest BCUT2D eigenvalue weighted by Crippen LogP contribution is -2.39. The molecule has 2 N–H and O–H groups in total. The van der Waals surface area contributed by atoms with Gasteiger partial charge in [-0.05, 0) is 37.1 Å². The Morgan fingerprint density at radius 3 is 2.70 bits per heavy atom. The minimum absolute atomic E-state index is 0.0678. The van der Waals surface area contributed by atoms with E-state index in [0.29, 0.717) is 36.4 Å². The molecule has 0 unspecified atom stereocenters. The number of carboxylic acid groups (broad SMARTS) is 2. The summed E-state index contributed by atoms with van der Waals surface area (Å²) in [6.45, 7) is 0.962. The number of ether oxygens (including phenoxy) is 3. The van der Waals surface area contributed by atoms with Crippen molar-refractivity contribution in [3.63, 3.8) is 0 Å². The van der Waals surface area contributed by atoms with E-state index in [9.17, 15) is 19.1 Å². The summed E-state index contributed by atoms with van der Waals surface area (Å²) < 4.78 is 31.2. The van der Waals surface area contributed by atoms with Gasteiger partial charge in [-0.2, -0.15) is 0 Å². The third-order valence-electron chi connectivity index (χ3n) is 5.08. The summed E-state index contributed by atoms with van der Waals surface area (Å²) in [5.74, 6) is -2.70. The van der Waals surface area contributed by atoms with Crippen LogP contribution in [0, 0.1) is 11.7 Å². The molecule has 8 nitrogen and oxygen atoms in total. The van der Waals surface area contributed by atoms with Gasteiger partial charge in [0.15, 0.2) is 23.1 Å². The van der Waals surface area contributed by atoms with Crippen LogP contribution in [0.15, 0.2) is 48.2 Å². The molecule has 2 aromatic carbocycles. The summed E-state index contributed by atoms with van der Waals surface area (Å²) in [4.78, 5) is 24.0. The number of hydrogen-bond donors (Lipinski definition) is 2. The molecule has 3 rings (SSSR count). The molecule has 2 aromatic rings. The molecular formula is C23H23ClFNO7. The number of carbonyl (C=O) groups is 2. The lowest BCUT2D eigenvalue weighted by atomic mass is 9.98. The van der Waals surface area contributed by atoms with Crippen molar-refractivity contribution < 1.29 is 38.4 Å². The van der Waals surface area contributed by atoms with Crippen molar-refractivity contribution in [1.82, 2.24) is 4.90 Å². The van der Waals surface area contributed by atoms with E-state index in [0.717, 1.165) is 6.42 Å². The van der Waals surface area contributed by atoms with Gasteiger partial charge in [-0.15, -0.1) is 0 Å². The first kappa shape index (κ1) is 24.2. The number of hydrogen-bond acceptors (Lipinski definition) is 6. The van der Waals surface area contributed by atoms with E-state index in [-0.39, 0.29) is 35.5 Å². The van der Waals surface area contributed by atoms with Gasteiger partial charge in [-0.25, -0.2) is 14.0 Å². The SMILES string of the molecule is COc1cccc(F)c1Oc1cc(Cl)ccc1OC[C@H]1CCCN(/C(=C\C(=O)O)C(=O)O)C1. The fraction of sp³-hybridized carbons (Fsp3) is 0.304. The second kappa shape index (κ2) is 10.9. The minimum atomic E-state index is -1.32. The van der Waals surface area contributed by atoms with Crippen LogP contribution < -0.4 is 14.2 Å². The summed E-state index contributed by atoms with van der Waals surface area (Å²) in [6, 6.07) is 8.99.